The Labute approximate surface area is 129 Å². The fourth-order valence-electron chi connectivity index (χ4n) is 1.45. The monoisotopic (exact) mass is 308 g/mol. The van der Waals surface area contributed by atoms with E-state index in [0.717, 1.165) is 25.4 Å². The van der Waals surface area contributed by atoms with E-state index in [-0.39, 0.29) is 0 Å². The molecule has 1 rings (SSSR count). The van der Waals surface area contributed by atoms with Gasteiger partial charge in [-0.05, 0) is 25.2 Å². The highest BCUT2D eigenvalue weighted by atomic mass is 16.5. The van der Waals surface area contributed by atoms with Crippen LogP contribution in [0, 0.1) is 6.57 Å². The van der Waals surface area contributed by atoms with Crippen LogP contribution in [0.15, 0.2) is 24.3 Å². The first-order chi connectivity index (χ1) is 10.4. The van der Waals surface area contributed by atoms with Crippen LogP contribution in [0.3, 0.4) is 0 Å². The lowest BCUT2D eigenvalue weighted by Gasteiger charge is -2.17. The van der Waals surface area contributed by atoms with Crippen molar-refractivity contribution in [3.63, 3.8) is 0 Å². The third-order valence-corrected chi connectivity index (χ3v) is 2.72. The summed E-state index contributed by atoms with van der Waals surface area (Å²) >= 11 is 0. The van der Waals surface area contributed by atoms with Gasteiger partial charge in [0, 0.05) is 6.54 Å². The summed E-state index contributed by atoms with van der Waals surface area (Å²) in [6.07, 6.45) is 0. The van der Waals surface area contributed by atoms with Gasteiger partial charge in [-0.2, -0.15) is 0 Å². The molecule has 0 bridgehead atoms. The second kappa shape index (κ2) is 11.1. The summed E-state index contributed by atoms with van der Waals surface area (Å²) in [6, 6.07) is 7.24. The normalized spacial score (nSPS) is 9.36. The van der Waals surface area contributed by atoms with Crippen LogP contribution in [-0.2, 0) is 9.59 Å². The van der Waals surface area contributed by atoms with Crippen molar-refractivity contribution in [1.82, 2.24) is 4.90 Å². The predicted octanol–water partition coefficient (Wildman–Crippen LogP) is 2.11. The van der Waals surface area contributed by atoms with Gasteiger partial charge in [-0.3, -0.25) is 0 Å². The molecule has 7 heteroatoms. The number of hydrogen-bond acceptors (Lipinski definition) is 4. The quantitative estimate of drug-likeness (QED) is 0.618. The zero-order chi connectivity index (χ0) is 17.0. The van der Waals surface area contributed by atoms with Crippen LogP contribution in [0.4, 0.5) is 5.69 Å². The van der Waals surface area contributed by atoms with E-state index in [1.54, 1.807) is 12.1 Å². The Bertz CT molecular complexity index is 492. The SMILES string of the molecule is O=C(O)C(=O)O.[C-]#[N+]c1ccc(OCCN(CC)CC)cc1. The molecule has 0 aliphatic carbocycles. The van der Waals surface area contributed by atoms with Crippen molar-refractivity contribution in [1.29, 1.82) is 0 Å². The largest absolute Gasteiger partial charge is 0.492 e. The van der Waals surface area contributed by atoms with Crippen LogP contribution in [0.2, 0.25) is 0 Å². The molecule has 0 aliphatic rings. The van der Waals surface area contributed by atoms with E-state index in [2.05, 4.69) is 23.6 Å². The summed E-state index contributed by atoms with van der Waals surface area (Å²) in [5, 5.41) is 14.8. The van der Waals surface area contributed by atoms with E-state index < -0.39 is 11.9 Å². The minimum Gasteiger partial charge on any atom is -0.492 e. The van der Waals surface area contributed by atoms with E-state index in [9.17, 15) is 0 Å². The van der Waals surface area contributed by atoms with E-state index >= 15 is 0 Å². The number of hydrogen-bond donors (Lipinski definition) is 2. The Kier molecular flexibility index (Phi) is 9.80. The maximum atomic E-state index is 9.10. The molecule has 1 aromatic carbocycles. The Morgan fingerprint density at radius 2 is 1.64 bits per heavy atom. The lowest BCUT2D eigenvalue weighted by atomic mass is 10.3. The molecule has 22 heavy (non-hydrogen) atoms. The standard InChI is InChI=1S/C13H18N2O.C2H2O4/c1-4-15(5-2)10-11-16-13-8-6-12(14-3)7-9-13;3-1(4)2(5)6/h6-9H,4-5,10-11H2,1-2H3;(H,3,4)(H,5,6). The first kappa shape index (κ1) is 19.4. The summed E-state index contributed by atoms with van der Waals surface area (Å²) in [6.45, 7) is 14.9. The number of carbonyl (C=O) groups is 2. The number of aliphatic carboxylic acids is 2. The van der Waals surface area contributed by atoms with Gasteiger partial charge in [0.25, 0.3) is 0 Å². The minimum atomic E-state index is -1.82. The van der Waals surface area contributed by atoms with Gasteiger partial charge in [0.1, 0.15) is 12.4 Å². The predicted molar refractivity (Wildman–Crippen MR) is 81.3 cm³/mol. The van der Waals surface area contributed by atoms with Gasteiger partial charge < -0.3 is 19.8 Å². The molecule has 7 nitrogen and oxygen atoms in total. The molecular formula is C15H20N2O5. The molecule has 0 aliphatic heterocycles. The average molecular weight is 308 g/mol. The zero-order valence-corrected chi connectivity index (χ0v) is 12.7. The Balaban J connectivity index is 0.000000626. The maximum Gasteiger partial charge on any atom is 0.414 e. The van der Waals surface area contributed by atoms with Crippen LogP contribution in [-0.4, -0.2) is 53.3 Å². The van der Waals surface area contributed by atoms with Crippen LogP contribution >= 0.6 is 0 Å². The molecule has 0 saturated heterocycles. The van der Waals surface area contributed by atoms with Crippen LogP contribution < -0.4 is 4.74 Å². The number of carboxylic acid groups (broad SMARTS) is 2. The van der Waals surface area contributed by atoms with E-state index in [4.69, 9.17) is 31.1 Å². The first-order valence-electron chi connectivity index (χ1n) is 6.73. The second-order valence-corrected chi connectivity index (χ2v) is 4.09. The van der Waals surface area contributed by atoms with Gasteiger partial charge in [0.2, 0.25) is 0 Å². The van der Waals surface area contributed by atoms with Crippen molar-refractivity contribution < 1.29 is 24.5 Å². The van der Waals surface area contributed by atoms with Crippen molar-refractivity contribution in [3.05, 3.63) is 35.7 Å². The number of nitrogens with zero attached hydrogens (tertiary/aromatic N) is 2. The van der Waals surface area contributed by atoms with Gasteiger partial charge in [0.05, 0.1) is 6.57 Å². The van der Waals surface area contributed by atoms with Crippen molar-refractivity contribution in [2.24, 2.45) is 0 Å². The molecule has 0 saturated carbocycles. The lowest BCUT2D eigenvalue weighted by molar-refractivity contribution is -0.159. The van der Waals surface area contributed by atoms with Crippen molar-refractivity contribution >= 4 is 17.6 Å². The molecule has 0 heterocycles. The molecule has 0 amide bonds. The zero-order valence-electron chi connectivity index (χ0n) is 12.7. The van der Waals surface area contributed by atoms with Gasteiger partial charge >= 0.3 is 11.9 Å². The van der Waals surface area contributed by atoms with Crippen LogP contribution in [0.1, 0.15) is 13.8 Å². The average Bonchev–Trinajstić information content (AvgIpc) is 2.52. The van der Waals surface area contributed by atoms with Gasteiger partial charge in [-0.15, -0.1) is 0 Å². The van der Waals surface area contributed by atoms with E-state index in [1.807, 2.05) is 12.1 Å². The molecule has 2 N–H and O–H groups in total. The molecular weight excluding hydrogens is 288 g/mol. The lowest BCUT2D eigenvalue weighted by Crippen LogP contribution is -2.27. The summed E-state index contributed by atoms with van der Waals surface area (Å²) in [5.41, 5.74) is 0.649. The fourth-order valence-corrected chi connectivity index (χ4v) is 1.45. The third kappa shape index (κ3) is 8.55. The Hall–Kier alpha value is -2.59. The minimum absolute atomic E-state index is 0.649. The summed E-state index contributed by atoms with van der Waals surface area (Å²) < 4.78 is 5.60. The molecule has 0 spiro atoms. The van der Waals surface area contributed by atoms with Gasteiger partial charge in [0.15, 0.2) is 5.69 Å². The van der Waals surface area contributed by atoms with E-state index in [0.29, 0.717) is 12.3 Å². The molecule has 0 aromatic heterocycles. The Morgan fingerprint density at radius 1 is 1.14 bits per heavy atom. The number of benzene rings is 1. The maximum absolute atomic E-state index is 9.10. The topological polar surface area (TPSA) is 91.4 Å². The summed E-state index contributed by atoms with van der Waals surface area (Å²) in [5.74, 6) is -2.82. The molecule has 120 valence electrons. The third-order valence-electron chi connectivity index (χ3n) is 2.72. The summed E-state index contributed by atoms with van der Waals surface area (Å²) in [4.78, 5) is 23.8. The van der Waals surface area contributed by atoms with Crippen LogP contribution in [0.25, 0.3) is 4.85 Å². The second-order valence-electron chi connectivity index (χ2n) is 4.09. The van der Waals surface area contributed by atoms with Crippen molar-refractivity contribution in [2.75, 3.05) is 26.2 Å². The molecule has 1 aromatic rings. The molecule has 0 unspecified atom stereocenters. The number of likely N-dealkylation sites (N-methyl/N-ethyl adjacent to an activating group) is 1. The van der Waals surface area contributed by atoms with Crippen molar-refractivity contribution in [2.45, 2.75) is 13.8 Å². The van der Waals surface area contributed by atoms with Gasteiger partial charge in [-0.25, -0.2) is 14.4 Å². The number of carboxylic acids is 2. The highest BCUT2D eigenvalue weighted by Crippen LogP contribution is 2.17. The Morgan fingerprint density at radius 3 is 2.00 bits per heavy atom. The smallest absolute Gasteiger partial charge is 0.414 e. The fraction of sp³-hybridized carbons (Fsp3) is 0.400. The molecule has 0 atom stereocenters. The van der Waals surface area contributed by atoms with Crippen molar-refractivity contribution in [3.8, 4) is 5.75 Å². The number of ether oxygens (including phenoxy) is 1. The number of rotatable bonds is 6. The summed E-state index contributed by atoms with van der Waals surface area (Å²) in [7, 11) is 0. The highest BCUT2D eigenvalue weighted by Gasteiger charge is 2.04. The van der Waals surface area contributed by atoms with Crippen LogP contribution in [0.5, 0.6) is 5.75 Å². The first-order valence-corrected chi connectivity index (χ1v) is 6.73. The molecule has 0 radical (unpaired) electrons. The van der Waals surface area contributed by atoms with E-state index in [1.165, 1.54) is 0 Å². The molecule has 0 fully saturated rings. The van der Waals surface area contributed by atoms with Gasteiger partial charge in [-0.1, -0.05) is 26.0 Å². The highest BCUT2D eigenvalue weighted by molar-refractivity contribution is 6.27.